The van der Waals surface area contributed by atoms with Crippen molar-refractivity contribution in [1.29, 1.82) is 0 Å². The van der Waals surface area contributed by atoms with E-state index in [0.717, 1.165) is 35.7 Å². The summed E-state index contributed by atoms with van der Waals surface area (Å²) < 4.78 is 5.55. The van der Waals surface area contributed by atoms with Gasteiger partial charge in [-0.15, -0.1) is 11.3 Å². The first kappa shape index (κ1) is 16.5. The van der Waals surface area contributed by atoms with Gasteiger partial charge in [0.2, 0.25) is 0 Å². The number of amides is 1. The summed E-state index contributed by atoms with van der Waals surface area (Å²) in [5.41, 5.74) is 0.920. The summed E-state index contributed by atoms with van der Waals surface area (Å²) in [6.45, 7) is 1.66. The minimum absolute atomic E-state index is 0.0537. The fourth-order valence-electron chi connectivity index (χ4n) is 3.47. The van der Waals surface area contributed by atoms with Crippen LogP contribution in [0.2, 0.25) is 0 Å². The molecule has 2 aromatic heterocycles. The summed E-state index contributed by atoms with van der Waals surface area (Å²) in [4.78, 5) is 16.0. The van der Waals surface area contributed by atoms with E-state index in [-0.39, 0.29) is 24.6 Å². The Morgan fingerprint density at radius 3 is 3.04 bits per heavy atom. The Kier molecular flexibility index (Phi) is 4.70. The molecule has 132 valence electrons. The molecule has 4 rings (SSSR count). The zero-order valence-electron chi connectivity index (χ0n) is 13.9. The SMILES string of the molecule is O=C(CN1CCCC(O)C1)N1N=C(c2cccs2)CC1c1ccco1. The van der Waals surface area contributed by atoms with E-state index in [1.54, 1.807) is 22.6 Å². The second-order valence-electron chi connectivity index (χ2n) is 6.53. The number of carbonyl (C=O) groups excluding carboxylic acids is 1. The quantitative estimate of drug-likeness (QED) is 0.910. The molecule has 2 atom stereocenters. The van der Waals surface area contributed by atoms with E-state index in [1.807, 2.05) is 34.5 Å². The van der Waals surface area contributed by atoms with Crippen LogP contribution in [0, 0.1) is 0 Å². The van der Waals surface area contributed by atoms with Gasteiger partial charge < -0.3 is 9.52 Å². The van der Waals surface area contributed by atoms with Crippen molar-refractivity contribution in [3.8, 4) is 0 Å². The lowest BCUT2D eigenvalue weighted by atomic mass is 10.1. The molecule has 4 heterocycles. The van der Waals surface area contributed by atoms with Crippen LogP contribution in [0.25, 0.3) is 0 Å². The highest BCUT2D eigenvalue weighted by molar-refractivity contribution is 7.12. The normalized spacial score (nSPS) is 24.5. The molecule has 0 bridgehead atoms. The molecule has 0 radical (unpaired) electrons. The molecule has 1 N–H and O–H groups in total. The highest BCUT2D eigenvalue weighted by Gasteiger charge is 2.36. The summed E-state index contributed by atoms with van der Waals surface area (Å²) in [5.74, 6) is 0.699. The third-order valence-electron chi connectivity index (χ3n) is 4.68. The zero-order valence-corrected chi connectivity index (χ0v) is 14.7. The molecule has 0 spiro atoms. The average molecular weight is 359 g/mol. The van der Waals surface area contributed by atoms with Crippen molar-refractivity contribution in [2.75, 3.05) is 19.6 Å². The number of carbonyl (C=O) groups is 1. The summed E-state index contributed by atoms with van der Waals surface area (Å²) in [6, 6.07) is 7.54. The van der Waals surface area contributed by atoms with Crippen LogP contribution in [-0.4, -0.2) is 52.4 Å². The number of furan rings is 1. The predicted molar refractivity (Wildman–Crippen MR) is 95.4 cm³/mol. The van der Waals surface area contributed by atoms with E-state index in [2.05, 4.69) is 5.10 Å². The maximum Gasteiger partial charge on any atom is 0.257 e. The van der Waals surface area contributed by atoms with Crippen LogP contribution in [0.15, 0.2) is 45.4 Å². The molecule has 0 aromatic carbocycles. The van der Waals surface area contributed by atoms with Gasteiger partial charge in [-0.2, -0.15) is 5.10 Å². The average Bonchev–Trinajstić information content (AvgIpc) is 3.34. The number of hydrogen-bond acceptors (Lipinski definition) is 6. The van der Waals surface area contributed by atoms with E-state index in [1.165, 1.54) is 0 Å². The maximum atomic E-state index is 12.9. The van der Waals surface area contributed by atoms with Crippen molar-refractivity contribution in [2.45, 2.75) is 31.4 Å². The lowest BCUT2D eigenvalue weighted by molar-refractivity contribution is -0.135. The summed E-state index contributed by atoms with van der Waals surface area (Å²) in [6.07, 6.45) is 3.67. The summed E-state index contributed by atoms with van der Waals surface area (Å²) in [7, 11) is 0. The molecule has 2 aromatic rings. The minimum atomic E-state index is -0.342. The lowest BCUT2D eigenvalue weighted by Crippen LogP contribution is -2.44. The lowest BCUT2D eigenvalue weighted by Gasteiger charge is -2.31. The number of likely N-dealkylation sites (tertiary alicyclic amines) is 1. The molecule has 25 heavy (non-hydrogen) atoms. The molecule has 6 nitrogen and oxygen atoms in total. The third-order valence-corrected chi connectivity index (χ3v) is 5.60. The second kappa shape index (κ2) is 7.11. The van der Waals surface area contributed by atoms with E-state index in [4.69, 9.17) is 4.42 Å². The van der Waals surface area contributed by atoms with E-state index < -0.39 is 0 Å². The van der Waals surface area contributed by atoms with E-state index in [9.17, 15) is 9.90 Å². The molecule has 0 saturated carbocycles. The monoisotopic (exact) mass is 359 g/mol. The Bertz CT molecular complexity index is 742. The van der Waals surface area contributed by atoms with Gasteiger partial charge in [0.1, 0.15) is 11.8 Å². The number of nitrogens with zero attached hydrogens (tertiary/aromatic N) is 3. The van der Waals surface area contributed by atoms with Crippen LogP contribution >= 0.6 is 11.3 Å². The topological polar surface area (TPSA) is 69.3 Å². The number of β-amino-alcohol motifs (C(OH)–C–C–N with tert-alkyl or cyclic N) is 1. The molecular formula is C18H21N3O3S. The molecular weight excluding hydrogens is 338 g/mol. The van der Waals surface area contributed by atoms with Crippen molar-refractivity contribution < 1.29 is 14.3 Å². The Morgan fingerprint density at radius 2 is 2.32 bits per heavy atom. The van der Waals surface area contributed by atoms with Gasteiger partial charge in [-0.3, -0.25) is 9.69 Å². The number of thiophene rings is 1. The van der Waals surface area contributed by atoms with Gasteiger partial charge >= 0.3 is 0 Å². The van der Waals surface area contributed by atoms with Crippen LogP contribution in [0.1, 0.15) is 35.9 Å². The van der Waals surface area contributed by atoms with Gasteiger partial charge in [-0.25, -0.2) is 5.01 Å². The molecule has 2 aliphatic heterocycles. The van der Waals surface area contributed by atoms with Crippen LogP contribution < -0.4 is 0 Å². The molecule has 2 aliphatic rings. The largest absolute Gasteiger partial charge is 0.467 e. The first-order valence-electron chi connectivity index (χ1n) is 8.58. The standard InChI is InChI=1S/C18H21N3O3S/c22-13-4-1-7-20(11-13)12-18(23)21-15(16-5-2-8-24-16)10-14(19-21)17-6-3-9-25-17/h2-3,5-6,8-9,13,15,22H,1,4,7,10-12H2. The fraction of sp³-hybridized carbons (Fsp3) is 0.444. The Balaban J connectivity index is 1.54. The highest BCUT2D eigenvalue weighted by atomic mass is 32.1. The van der Waals surface area contributed by atoms with Gasteiger partial charge in [-0.05, 0) is 43.0 Å². The minimum Gasteiger partial charge on any atom is -0.467 e. The Labute approximate surface area is 150 Å². The van der Waals surface area contributed by atoms with Crippen molar-refractivity contribution in [1.82, 2.24) is 9.91 Å². The van der Waals surface area contributed by atoms with Gasteiger partial charge in [0.15, 0.2) is 0 Å². The summed E-state index contributed by atoms with van der Waals surface area (Å²) in [5, 5.41) is 18.0. The Morgan fingerprint density at radius 1 is 1.40 bits per heavy atom. The zero-order chi connectivity index (χ0) is 17.2. The van der Waals surface area contributed by atoms with Crippen molar-refractivity contribution >= 4 is 23.0 Å². The second-order valence-corrected chi connectivity index (χ2v) is 7.48. The van der Waals surface area contributed by atoms with Gasteiger partial charge in [-0.1, -0.05) is 6.07 Å². The number of hydrogen-bond donors (Lipinski definition) is 1. The number of aliphatic hydroxyl groups is 1. The molecule has 7 heteroatoms. The van der Waals surface area contributed by atoms with Crippen LogP contribution in [0.3, 0.4) is 0 Å². The maximum absolute atomic E-state index is 12.9. The fourth-order valence-corrected chi connectivity index (χ4v) is 4.19. The molecule has 1 amide bonds. The van der Waals surface area contributed by atoms with Crippen molar-refractivity contribution in [3.05, 3.63) is 46.5 Å². The molecule has 0 aliphatic carbocycles. The van der Waals surface area contributed by atoms with Gasteiger partial charge in [0, 0.05) is 13.0 Å². The third kappa shape index (κ3) is 3.53. The van der Waals surface area contributed by atoms with E-state index in [0.29, 0.717) is 13.0 Å². The smallest absolute Gasteiger partial charge is 0.257 e. The number of hydrazone groups is 1. The van der Waals surface area contributed by atoms with Crippen molar-refractivity contribution in [3.63, 3.8) is 0 Å². The van der Waals surface area contributed by atoms with Crippen molar-refractivity contribution in [2.24, 2.45) is 5.10 Å². The number of rotatable bonds is 4. The molecule has 2 unspecified atom stereocenters. The van der Waals surface area contributed by atoms with Gasteiger partial charge in [0.05, 0.1) is 29.5 Å². The van der Waals surface area contributed by atoms with Crippen LogP contribution in [0.5, 0.6) is 0 Å². The predicted octanol–water partition coefficient (Wildman–Crippen LogP) is 2.48. The first-order valence-corrected chi connectivity index (χ1v) is 9.46. The van der Waals surface area contributed by atoms with Crippen LogP contribution in [-0.2, 0) is 4.79 Å². The summed E-state index contributed by atoms with van der Waals surface area (Å²) >= 11 is 1.63. The first-order chi connectivity index (χ1) is 12.2. The van der Waals surface area contributed by atoms with Crippen LogP contribution in [0.4, 0.5) is 0 Å². The van der Waals surface area contributed by atoms with E-state index >= 15 is 0 Å². The molecule has 1 fully saturated rings. The number of piperidine rings is 1. The van der Waals surface area contributed by atoms with Gasteiger partial charge in [0.25, 0.3) is 5.91 Å². The highest BCUT2D eigenvalue weighted by Crippen LogP contribution is 2.34. The molecule has 1 saturated heterocycles. The number of aliphatic hydroxyl groups excluding tert-OH is 1. The Hall–Kier alpha value is -1.96.